The number of carbonyl (C=O) groups excluding carboxylic acids is 1. The molecule has 0 aliphatic rings. The van der Waals surface area contributed by atoms with Gasteiger partial charge in [0.25, 0.3) is 0 Å². The van der Waals surface area contributed by atoms with Gasteiger partial charge in [0.05, 0.1) is 16.6 Å². The summed E-state index contributed by atoms with van der Waals surface area (Å²) in [6, 6.07) is 15.6. The molecule has 0 saturated carbocycles. The fraction of sp³-hybridized carbons (Fsp3) is 0.105. The van der Waals surface area contributed by atoms with E-state index in [1.807, 2.05) is 30.3 Å². The van der Waals surface area contributed by atoms with Crippen LogP contribution in [0.15, 0.2) is 60.8 Å². The van der Waals surface area contributed by atoms with Crippen LogP contribution in [0.2, 0.25) is 5.02 Å². The van der Waals surface area contributed by atoms with Crippen LogP contribution in [0.1, 0.15) is 18.4 Å². The number of anilines is 1. The van der Waals surface area contributed by atoms with Crippen molar-refractivity contribution in [1.29, 1.82) is 0 Å². The molecule has 3 aromatic rings. The lowest BCUT2D eigenvalue weighted by Gasteiger charge is -2.12. The van der Waals surface area contributed by atoms with Crippen molar-refractivity contribution in [3.05, 3.63) is 77.2 Å². The van der Waals surface area contributed by atoms with E-state index in [-0.39, 0.29) is 16.9 Å². The molecule has 0 aliphatic carbocycles. The summed E-state index contributed by atoms with van der Waals surface area (Å²) in [6.45, 7) is 1.71. The van der Waals surface area contributed by atoms with E-state index in [2.05, 4.69) is 15.3 Å². The number of halogens is 2. The molecule has 0 radical (unpaired) electrons. The Balaban J connectivity index is 1.77. The summed E-state index contributed by atoms with van der Waals surface area (Å²) in [4.78, 5) is 20.9. The zero-order chi connectivity index (χ0) is 17.8. The zero-order valence-corrected chi connectivity index (χ0v) is 14.2. The van der Waals surface area contributed by atoms with E-state index >= 15 is 0 Å². The predicted molar refractivity (Wildman–Crippen MR) is 95.9 cm³/mol. The summed E-state index contributed by atoms with van der Waals surface area (Å²) >= 11 is 5.78. The average molecular weight is 356 g/mol. The molecule has 6 heteroatoms. The molecule has 1 aromatic heterocycles. The Morgan fingerprint density at radius 1 is 1.16 bits per heavy atom. The van der Waals surface area contributed by atoms with Crippen molar-refractivity contribution in [1.82, 2.24) is 9.97 Å². The van der Waals surface area contributed by atoms with Gasteiger partial charge in [-0.2, -0.15) is 0 Å². The van der Waals surface area contributed by atoms with Crippen LogP contribution in [0.5, 0.6) is 0 Å². The molecular weight excluding hydrogens is 341 g/mol. The van der Waals surface area contributed by atoms with Crippen LogP contribution >= 0.6 is 11.6 Å². The topological polar surface area (TPSA) is 54.9 Å². The molecule has 0 bridgehead atoms. The van der Waals surface area contributed by atoms with Crippen LogP contribution in [0.3, 0.4) is 0 Å². The standard InChI is InChI=1S/C19H15ClFN3O/c1-12(14-7-8-16(21)15(20)11-14)18(25)24-19-22-10-9-17(23-19)13-5-3-2-4-6-13/h2-12H,1H3,(H,22,23,24,25). The van der Waals surface area contributed by atoms with Crippen molar-refractivity contribution in [3.63, 3.8) is 0 Å². The minimum absolute atomic E-state index is 0.0144. The Bertz CT molecular complexity index is 902. The van der Waals surface area contributed by atoms with Gasteiger partial charge in [0.2, 0.25) is 11.9 Å². The van der Waals surface area contributed by atoms with E-state index in [1.165, 1.54) is 18.2 Å². The summed E-state index contributed by atoms with van der Waals surface area (Å²) in [6.07, 6.45) is 1.59. The summed E-state index contributed by atoms with van der Waals surface area (Å²) in [5.41, 5.74) is 2.25. The Morgan fingerprint density at radius 3 is 2.64 bits per heavy atom. The molecule has 4 nitrogen and oxygen atoms in total. The molecule has 1 atom stereocenters. The highest BCUT2D eigenvalue weighted by Gasteiger charge is 2.18. The Hall–Kier alpha value is -2.79. The maximum atomic E-state index is 13.3. The molecular formula is C19H15ClFN3O. The fourth-order valence-electron chi connectivity index (χ4n) is 2.34. The van der Waals surface area contributed by atoms with E-state index in [4.69, 9.17) is 11.6 Å². The number of benzene rings is 2. The Kier molecular flexibility index (Phi) is 5.05. The van der Waals surface area contributed by atoms with Crippen LogP contribution in [0, 0.1) is 5.82 Å². The SMILES string of the molecule is CC(C(=O)Nc1nccc(-c2ccccc2)n1)c1ccc(F)c(Cl)c1. The number of aromatic nitrogens is 2. The van der Waals surface area contributed by atoms with Crippen molar-refractivity contribution in [2.75, 3.05) is 5.32 Å². The Morgan fingerprint density at radius 2 is 1.92 bits per heavy atom. The third kappa shape index (κ3) is 4.00. The van der Waals surface area contributed by atoms with E-state index < -0.39 is 11.7 Å². The summed E-state index contributed by atoms with van der Waals surface area (Å²) < 4.78 is 13.3. The lowest BCUT2D eigenvalue weighted by molar-refractivity contribution is -0.117. The van der Waals surface area contributed by atoms with Crippen molar-refractivity contribution in [3.8, 4) is 11.3 Å². The third-order valence-electron chi connectivity index (χ3n) is 3.80. The second-order valence-electron chi connectivity index (χ2n) is 5.52. The molecule has 1 unspecified atom stereocenters. The first-order valence-electron chi connectivity index (χ1n) is 7.69. The van der Waals surface area contributed by atoms with Crippen molar-refractivity contribution >= 4 is 23.5 Å². The van der Waals surface area contributed by atoms with Gasteiger partial charge in [-0.05, 0) is 30.7 Å². The molecule has 0 saturated heterocycles. The lowest BCUT2D eigenvalue weighted by atomic mass is 10.0. The number of nitrogens with zero attached hydrogens (tertiary/aromatic N) is 2. The highest BCUT2D eigenvalue weighted by Crippen LogP contribution is 2.23. The van der Waals surface area contributed by atoms with E-state index in [1.54, 1.807) is 19.2 Å². The maximum absolute atomic E-state index is 13.3. The van der Waals surface area contributed by atoms with Crippen molar-refractivity contribution in [2.45, 2.75) is 12.8 Å². The summed E-state index contributed by atoms with van der Waals surface area (Å²) in [5.74, 6) is -1.13. The van der Waals surface area contributed by atoms with Gasteiger partial charge in [-0.3, -0.25) is 10.1 Å². The zero-order valence-electron chi connectivity index (χ0n) is 13.4. The second kappa shape index (κ2) is 7.40. The van der Waals surface area contributed by atoms with Crippen molar-refractivity contribution < 1.29 is 9.18 Å². The van der Waals surface area contributed by atoms with Gasteiger partial charge < -0.3 is 0 Å². The van der Waals surface area contributed by atoms with Gasteiger partial charge in [0.15, 0.2) is 0 Å². The van der Waals surface area contributed by atoms with Gasteiger partial charge in [-0.1, -0.05) is 48.0 Å². The largest absolute Gasteiger partial charge is 0.294 e. The molecule has 0 aliphatic heterocycles. The van der Waals surface area contributed by atoms with Gasteiger partial charge in [-0.25, -0.2) is 14.4 Å². The molecule has 0 spiro atoms. The minimum atomic E-state index is -0.526. The minimum Gasteiger partial charge on any atom is -0.294 e. The van der Waals surface area contributed by atoms with E-state index in [0.29, 0.717) is 11.3 Å². The molecule has 1 heterocycles. The molecule has 1 N–H and O–H groups in total. The first-order valence-corrected chi connectivity index (χ1v) is 8.06. The monoisotopic (exact) mass is 355 g/mol. The number of rotatable bonds is 4. The number of carbonyl (C=O) groups is 1. The lowest BCUT2D eigenvalue weighted by Crippen LogP contribution is -2.20. The fourth-order valence-corrected chi connectivity index (χ4v) is 2.53. The summed E-state index contributed by atoms with van der Waals surface area (Å²) in [7, 11) is 0. The second-order valence-corrected chi connectivity index (χ2v) is 5.92. The van der Waals surface area contributed by atoms with Crippen LogP contribution in [-0.2, 0) is 4.79 Å². The van der Waals surface area contributed by atoms with Crippen LogP contribution in [0.4, 0.5) is 10.3 Å². The molecule has 3 rings (SSSR count). The highest BCUT2D eigenvalue weighted by molar-refractivity contribution is 6.30. The van der Waals surface area contributed by atoms with Gasteiger partial charge in [0, 0.05) is 11.8 Å². The normalized spacial score (nSPS) is 11.8. The van der Waals surface area contributed by atoms with Gasteiger partial charge in [0.1, 0.15) is 5.82 Å². The molecule has 1 amide bonds. The first kappa shape index (κ1) is 17.0. The van der Waals surface area contributed by atoms with Gasteiger partial charge in [-0.15, -0.1) is 0 Å². The van der Waals surface area contributed by atoms with E-state index in [0.717, 1.165) is 5.56 Å². The predicted octanol–water partition coefficient (Wildman–Crippen LogP) is 4.68. The van der Waals surface area contributed by atoms with Crippen LogP contribution in [0.25, 0.3) is 11.3 Å². The smallest absolute Gasteiger partial charge is 0.233 e. The number of nitrogens with one attached hydrogen (secondary N) is 1. The quantitative estimate of drug-likeness (QED) is 0.739. The Labute approximate surface area is 149 Å². The highest BCUT2D eigenvalue weighted by atomic mass is 35.5. The van der Waals surface area contributed by atoms with Gasteiger partial charge >= 0.3 is 0 Å². The molecule has 0 fully saturated rings. The molecule has 126 valence electrons. The van der Waals surface area contributed by atoms with Crippen LogP contribution in [-0.4, -0.2) is 15.9 Å². The number of amides is 1. The molecule has 2 aromatic carbocycles. The van der Waals surface area contributed by atoms with Crippen molar-refractivity contribution in [2.24, 2.45) is 0 Å². The number of hydrogen-bond donors (Lipinski definition) is 1. The summed E-state index contributed by atoms with van der Waals surface area (Å²) in [5, 5.41) is 2.67. The third-order valence-corrected chi connectivity index (χ3v) is 4.09. The molecule has 25 heavy (non-hydrogen) atoms. The van der Waals surface area contributed by atoms with E-state index in [9.17, 15) is 9.18 Å². The van der Waals surface area contributed by atoms with Crippen LogP contribution < -0.4 is 5.32 Å². The number of hydrogen-bond acceptors (Lipinski definition) is 3. The maximum Gasteiger partial charge on any atom is 0.233 e. The average Bonchev–Trinajstić information content (AvgIpc) is 2.64. The first-order chi connectivity index (χ1) is 12.0.